The lowest BCUT2D eigenvalue weighted by atomic mass is 10.1. The fourth-order valence-corrected chi connectivity index (χ4v) is 2.63. The van der Waals surface area contributed by atoms with Gasteiger partial charge in [-0.2, -0.15) is 0 Å². The maximum atomic E-state index is 10.1. The number of aliphatic hydroxyl groups is 1. The van der Waals surface area contributed by atoms with Crippen molar-refractivity contribution in [3.8, 4) is 11.5 Å². The summed E-state index contributed by atoms with van der Waals surface area (Å²) in [7, 11) is 2.04. The monoisotopic (exact) mass is 307 g/mol. The van der Waals surface area contributed by atoms with E-state index in [1.54, 1.807) is 0 Å². The van der Waals surface area contributed by atoms with Crippen molar-refractivity contribution in [2.45, 2.75) is 45.8 Å². The molecule has 1 N–H and O–H groups in total. The summed E-state index contributed by atoms with van der Waals surface area (Å²) < 4.78 is 11.6. The van der Waals surface area contributed by atoms with Crippen molar-refractivity contribution in [1.29, 1.82) is 0 Å². The molecule has 2 rings (SSSR count). The van der Waals surface area contributed by atoms with E-state index in [4.69, 9.17) is 9.47 Å². The molecule has 1 unspecified atom stereocenters. The SMILES string of the molecule is CCCOc1c(CN(C)CC(O)C2CC2)cccc1OCC. The molecule has 1 aromatic carbocycles. The molecular formula is C18H29NO3. The van der Waals surface area contributed by atoms with Gasteiger partial charge < -0.3 is 14.6 Å². The van der Waals surface area contributed by atoms with E-state index < -0.39 is 0 Å². The zero-order valence-electron chi connectivity index (χ0n) is 14.0. The molecule has 1 fully saturated rings. The van der Waals surface area contributed by atoms with Crippen LogP contribution in [0.5, 0.6) is 11.5 Å². The van der Waals surface area contributed by atoms with Gasteiger partial charge in [0.2, 0.25) is 0 Å². The molecule has 4 heteroatoms. The van der Waals surface area contributed by atoms with Crippen molar-refractivity contribution >= 4 is 0 Å². The van der Waals surface area contributed by atoms with Crippen molar-refractivity contribution in [3.05, 3.63) is 23.8 Å². The van der Waals surface area contributed by atoms with Gasteiger partial charge in [0.15, 0.2) is 11.5 Å². The summed E-state index contributed by atoms with van der Waals surface area (Å²) in [5, 5.41) is 10.1. The van der Waals surface area contributed by atoms with Gasteiger partial charge >= 0.3 is 0 Å². The Hall–Kier alpha value is -1.26. The number of para-hydroxylation sites is 1. The van der Waals surface area contributed by atoms with Crippen molar-refractivity contribution in [2.75, 3.05) is 26.8 Å². The maximum absolute atomic E-state index is 10.1. The number of ether oxygens (including phenoxy) is 2. The number of hydrogen-bond donors (Lipinski definition) is 1. The summed E-state index contributed by atoms with van der Waals surface area (Å²) >= 11 is 0. The van der Waals surface area contributed by atoms with Gasteiger partial charge in [0.05, 0.1) is 19.3 Å². The Morgan fingerprint density at radius 1 is 1.27 bits per heavy atom. The molecule has 124 valence electrons. The minimum atomic E-state index is -0.208. The van der Waals surface area contributed by atoms with E-state index in [9.17, 15) is 5.11 Å². The molecule has 0 aliphatic heterocycles. The minimum absolute atomic E-state index is 0.208. The van der Waals surface area contributed by atoms with Crippen LogP contribution in [0.2, 0.25) is 0 Å². The van der Waals surface area contributed by atoms with E-state index in [0.717, 1.165) is 30.0 Å². The highest BCUT2D eigenvalue weighted by Gasteiger charge is 2.30. The highest BCUT2D eigenvalue weighted by Crippen LogP contribution is 2.34. The third-order valence-electron chi connectivity index (χ3n) is 3.92. The van der Waals surface area contributed by atoms with Crippen LogP contribution in [0.25, 0.3) is 0 Å². The first kappa shape index (κ1) is 17.1. The molecule has 4 nitrogen and oxygen atoms in total. The lowest BCUT2D eigenvalue weighted by Crippen LogP contribution is -2.30. The van der Waals surface area contributed by atoms with Crippen LogP contribution in [-0.2, 0) is 6.54 Å². The van der Waals surface area contributed by atoms with E-state index in [1.165, 1.54) is 12.8 Å². The van der Waals surface area contributed by atoms with Crippen molar-refractivity contribution in [1.82, 2.24) is 4.90 Å². The fourth-order valence-electron chi connectivity index (χ4n) is 2.63. The van der Waals surface area contributed by atoms with E-state index in [2.05, 4.69) is 17.9 Å². The molecule has 0 aromatic heterocycles. The quantitative estimate of drug-likeness (QED) is 0.721. The third-order valence-corrected chi connectivity index (χ3v) is 3.92. The van der Waals surface area contributed by atoms with Crippen LogP contribution in [0.15, 0.2) is 18.2 Å². The van der Waals surface area contributed by atoms with Crippen LogP contribution < -0.4 is 9.47 Å². The molecule has 0 amide bonds. The lowest BCUT2D eigenvalue weighted by Gasteiger charge is -2.23. The number of benzene rings is 1. The van der Waals surface area contributed by atoms with E-state index in [1.807, 2.05) is 26.1 Å². The Kier molecular flexibility index (Phi) is 6.52. The number of likely N-dealkylation sites (N-methyl/N-ethyl adjacent to an activating group) is 1. The molecule has 0 radical (unpaired) electrons. The summed E-state index contributed by atoms with van der Waals surface area (Å²) in [6.07, 6.45) is 3.09. The number of nitrogens with zero attached hydrogens (tertiary/aromatic N) is 1. The Morgan fingerprint density at radius 2 is 2.05 bits per heavy atom. The average molecular weight is 307 g/mol. The molecule has 0 bridgehead atoms. The Balaban J connectivity index is 2.04. The second-order valence-electron chi connectivity index (χ2n) is 6.13. The molecule has 0 saturated heterocycles. The van der Waals surface area contributed by atoms with Gasteiger partial charge in [0.1, 0.15) is 0 Å². The normalized spacial score (nSPS) is 15.9. The van der Waals surface area contributed by atoms with Crippen molar-refractivity contribution < 1.29 is 14.6 Å². The van der Waals surface area contributed by atoms with Crippen LogP contribution in [0.1, 0.15) is 38.7 Å². The third kappa shape index (κ3) is 4.89. The first-order valence-electron chi connectivity index (χ1n) is 8.39. The summed E-state index contributed by atoms with van der Waals surface area (Å²) in [6.45, 7) is 6.85. The summed E-state index contributed by atoms with van der Waals surface area (Å²) in [6, 6.07) is 6.04. The number of aliphatic hydroxyl groups excluding tert-OH is 1. The smallest absolute Gasteiger partial charge is 0.165 e. The average Bonchev–Trinajstić information content (AvgIpc) is 3.31. The van der Waals surface area contributed by atoms with E-state index in [0.29, 0.717) is 25.7 Å². The van der Waals surface area contributed by atoms with E-state index >= 15 is 0 Å². The van der Waals surface area contributed by atoms with Crippen LogP contribution >= 0.6 is 0 Å². The van der Waals surface area contributed by atoms with Crippen molar-refractivity contribution in [3.63, 3.8) is 0 Å². The van der Waals surface area contributed by atoms with Gasteiger partial charge in [-0.1, -0.05) is 19.1 Å². The molecular weight excluding hydrogens is 278 g/mol. The number of rotatable bonds is 10. The first-order chi connectivity index (χ1) is 10.7. The summed E-state index contributed by atoms with van der Waals surface area (Å²) in [4.78, 5) is 2.16. The Morgan fingerprint density at radius 3 is 2.68 bits per heavy atom. The molecule has 1 saturated carbocycles. The second-order valence-corrected chi connectivity index (χ2v) is 6.13. The molecule has 0 spiro atoms. The minimum Gasteiger partial charge on any atom is -0.490 e. The zero-order valence-corrected chi connectivity index (χ0v) is 14.0. The lowest BCUT2D eigenvalue weighted by molar-refractivity contribution is 0.103. The van der Waals surface area contributed by atoms with Gasteiger partial charge in [-0.15, -0.1) is 0 Å². The van der Waals surface area contributed by atoms with Gasteiger partial charge in [-0.3, -0.25) is 4.90 Å². The Labute approximate surface area is 134 Å². The topological polar surface area (TPSA) is 41.9 Å². The highest BCUT2D eigenvalue weighted by molar-refractivity contribution is 5.46. The molecule has 1 aliphatic rings. The van der Waals surface area contributed by atoms with Gasteiger partial charge in [-0.05, 0) is 45.2 Å². The second kappa shape index (κ2) is 8.39. The standard InChI is InChI=1S/C18H29NO3/c1-4-11-22-18-15(7-6-8-17(18)21-5-2)12-19(3)13-16(20)14-9-10-14/h6-8,14,16,20H,4-5,9-13H2,1-3H3. The van der Waals surface area contributed by atoms with Crippen LogP contribution in [0.3, 0.4) is 0 Å². The molecule has 1 atom stereocenters. The largest absolute Gasteiger partial charge is 0.490 e. The van der Waals surface area contributed by atoms with Gasteiger partial charge in [0.25, 0.3) is 0 Å². The van der Waals surface area contributed by atoms with Gasteiger partial charge in [0, 0.05) is 18.7 Å². The molecule has 1 aliphatic carbocycles. The summed E-state index contributed by atoms with van der Waals surface area (Å²) in [5.41, 5.74) is 1.12. The molecule has 0 heterocycles. The van der Waals surface area contributed by atoms with Crippen LogP contribution in [0, 0.1) is 5.92 Å². The summed E-state index contributed by atoms with van der Waals surface area (Å²) in [5.74, 6) is 2.16. The fraction of sp³-hybridized carbons (Fsp3) is 0.667. The van der Waals surface area contributed by atoms with Crippen LogP contribution in [0.4, 0.5) is 0 Å². The zero-order chi connectivity index (χ0) is 15.9. The molecule has 1 aromatic rings. The van der Waals surface area contributed by atoms with Crippen molar-refractivity contribution in [2.24, 2.45) is 5.92 Å². The first-order valence-corrected chi connectivity index (χ1v) is 8.39. The van der Waals surface area contributed by atoms with E-state index in [-0.39, 0.29) is 6.10 Å². The number of hydrogen-bond acceptors (Lipinski definition) is 4. The molecule has 22 heavy (non-hydrogen) atoms. The van der Waals surface area contributed by atoms with Gasteiger partial charge in [-0.25, -0.2) is 0 Å². The maximum Gasteiger partial charge on any atom is 0.165 e. The predicted molar refractivity (Wildman–Crippen MR) is 88.5 cm³/mol. The predicted octanol–water partition coefficient (Wildman–Crippen LogP) is 3.08. The Bertz CT molecular complexity index is 460. The van der Waals surface area contributed by atoms with Crippen LogP contribution in [-0.4, -0.2) is 42.9 Å². The highest BCUT2D eigenvalue weighted by atomic mass is 16.5.